The van der Waals surface area contributed by atoms with Crippen LogP contribution in [-0.4, -0.2) is 18.8 Å². The normalized spacial score (nSPS) is 21.5. The van der Waals surface area contributed by atoms with Gasteiger partial charge in [0.15, 0.2) is 0 Å². The highest BCUT2D eigenvalue weighted by Crippen LogP contribution is 2.23. The molecule has 0 aromatic carbocycles. The van der Waals surface area contributed by atoms with Gasteiger partial charge in [0.2, 0.25) is 0 Å². The minimum Gasteiger partial charge on any atom is -0.375 e. The van der Waals surface area contributed by atoms with Crippen LogP contribution in [0.15, 0.2) is 0 Å². The summed E-state index contributed by atoms with van der Waals surface area (Å²) in [5.74, 6) is 0. The van der Waals surface area contributed by atoms with Gasteiger partial charge in [-0.2, -0.15) is 0 Å². The lowest BCUT2D eigenvalue weighted by molar-refractivity contribution is -0.0125. The van der Waals surface area contributed by atoms with Crippen LogP contribution in [0.25, 0.3) is 0 Å². The van der Waals surface area contributed by atoms with Gasteiger partial charge in [-0.15, -0.1) is 0 Å². The number of nitrogens with two attached hydrogens (primary N) is 1. The number of ether oxygens (including phenoxy) is 1. The molecule has 72 valence electrons. The van der Waals surface area contributed by atoms with Crippen molar-refractivity contribution < 1.29 is 4.74 Å². The van der Waals surface area contributed by atoms with E-state index in [9.17, 15) is 0 Å². The van der Waals surface area contributed by atoms with Crippen LogP contribution in [0.3, 0.4) is 0 Å². The van der Waals surface area contributed by atoms with Crippen LogP contribution in [0.2, 0.25) is 0 Å². The predicted molar refractivity (Wildman–Crippen MR) is 51.1 cm³/mol. The third kappa shape index (κ3) is 3.11. The summed E-state index contributed by atoms with van der Waals surface area (Å²) in [6, 6.07) is 0. The Balaban J connectivity index is 2.16. The topological polar surface area (TPSA) is 35.2 Å². The molecule has 2 N–H and O–H groups in total. The minimum absolute atomic E-state index is 0.415. The van der Waals surface area contributed by atoms with Gasteiger partial charge in [-0.25, -0.2) is 0 Å². The molecule has 1 atom stereocenters. The third-order valence-electron chi connectivity index (χ3n) is 2.63. The van der Waals surface area contributed by atoms with Gasteiger partial charge in [0.25, 0.3) is 0 Å². The zero-order valence-electron chi connectivity index (χ0n) is 8.09. The number of hydrogen-bond acceptors (Lipinski definition) is 2. The van der Waals surface area contributed by atoms with Gasteiger partial charge >= 0.3 is 0 Å². The fraction of sp³-hybridized carbons (Fsp3) is 1.00. The maximum absolute atomic E-state index is 5.92. The molecular formula is C10H21NO. The highest BCUT2D eigenvalue weighted by atomic mass is 16.5. The molecule has 0 bridgehead atoms. The van der Waals surface area contributed by atoms with E-state index in [4.69, 9.17) is 10.5 Å². The minimum atomic E-state index is 0.415. The summed E-state index contributed by atoms with van der Waals surface area (Å²) in [5.41, 5.74) is 5.50. The summed E-state index contributed by atoms with van der Waals surface area (Å²) in [7, 11) is 0. The van der Waals surface area contributed by atoms with Crippen molar-refractivity contribution in [3.63, 3.8) is 0 Å². The van der Waals surface area contributed by atoms with Crippen molar-refractivity contribution in [1.29, 1.82) is 0 Å². The first-order chi connectivity index (χ1) is 5.86. The second-order valence-corrected chi connectivity index (χ2v) is 3.65. The van der Waals surface area contributed by atoms with Gasteiger partial charge < -0.3 is 10.5 Å². The van der Waals surface area contributed by atoms with Crippen LogP contribution in [0, 0.1) is 0 Å². The highest BCUT2D eigenvalue weighted by molar-refractivity contribution is 4.69. The molecule has 0 radical (unpaired) electrons. The van der Waals surface area contributed by atoms with E-state index in [1.807, 2.05) is 0 Å². The monoisotopic (exact) mass is 171 g/mol. The average molecular weight is 171 g/mol. The van der Waals surface area contributed by atoms with Gasteiger partial charge in [-0.05, 0) is 32.2 Å². The lowest BCUT2D eigenvalue weighted by Crippen LogP contribution is -2.22. The molecule has 2 heteroatoms. The zero-order chi connectivity index (χ0) is 8.81. The van der Waals surface area contributed by atoms with E-state index < -0.39 is 0 Å². The summed E-state index contributed by atoms with van der Waals surface area (Å²) in [4.78, 5) is 0. The van der Waals surface area contributed by atoms with Crippen molar-refractivity contribution in [2.24, 2.45) is 5.73 Å². The van der Waals surface area contributed by atoms with Crippen molar-refractivity contribution in [2.45, 2.75) is 57.7 Å². The Bertz CT molecular complexity index is 110. The molecule has 0 saturated heterocycles. The van der Waals surface area contributed by atoms with E-state index >= 15 is 0 Å². The molecule has 1 unspecified atom stereocenters. The first kappa shape index (κ1) is 10.0. The Morgan fingerprint density at radius 2 is 2.08 bits per heavy atom. The van der Waals surface area contributed by atoms with Gasteiger partial charge in [-0.3, -0.25) is 0 Å². The Morgan fingerprint density at radius 3 is 2.58 bits per heavy atom. The first-order valence-electron chi connectivity index (χ1n) is 5.22. The standard InChI is InChI=1S/C10H21NO/c1-2-9(7-8-11)12-10-5-3-4-6-10/h9-10H,2-8,11H2,1H3. The van der Waals surface area contributed by atoms with Gasteiger partial charge in [-0.1, -0.05) is 19.8 Å². The van der Waals surface area contributed by atoms with E-state index in [0.717, 1.165) is 19.4 Å². The molecule has 0 heterocycles. The predicted octanol–water partition coefficient (Wildman–Crippen LogP) is 2.07. The maximum atomic E-state index is 5.92. The molecule has 0 aromatic rings. The maximum Gasteiger partial charge on any atom is 0.0588 e. The van der Waals surface area contributed by atoms with Crippen LogP contribution in [-0.2, 0) is 4.74 Å². The SMILES string of the molecule is CCC(CCN)OC1CCCC1. The molecule has 1 aliphatic carbocycles. The van der Waals surface area contributed by atoms with Crippen molar-refractivity contribution in [3.8, 4) is 0 Å². The summed E-state index contributed by atoms with van der Waals surface area (Å²) in [5, 5.41) is 0. The fourth-order valence-electron chi connectivity index (χ4n) is 1.85. The molecule has 2 nitrogen and oxygen atoms in total. The number of hydrogen-bond donors (Lipinski definition) is 1. The summed E-state index contributed by atoms with van der Waals surface area (Å²) >= 11 is 0. The lowest BCUT2D eigenvalue weighted by Gasteiger charge is -2.19. The third-order valence-corrected chi connectivity index (χ3v) is 2.63. The second-order valence-electron chi connectivity index (χ2n) is 3.65. The fourth-order valence-corrected chi connectivity index (χ4v) is 1.85. The van der Waals surface area contributed by atoms with Crippen molar-refractivity contribution in [3.05, 3.63) is 0 Å². The zero-order valence-corrected chi connectivity index (χ0v) is 8.09. The summed E-state index contributed by atoms with van der Waals surface area (Å²) in [6.45, 7) is 2.93. The second kappa shape index (κ2) is 5.55. The highest BCUT2D eigenvalue weighted by Gasteiger charge is 2.18. The van der Waals surface area contributed by atoms with Crippen molar-refractivity contribution in [2.75, 3.05) is 6.54 Å². The molecule has 1 fully saturated rings. The lowest BCUT2D eigenvalue weighted by atomic mass is 10.2. The van der Waals surface area contributed by atoms with Gasteiger partial charge in [0.1, 0.15) is 0 Å². The molecule has 12 heavy (non-hydrogen) atoms. The Labute approximate surface area is 75.5 Å². The molecule has 1 saturated carbocycles. The quantitative estimate of drug-likeness (QED) is 0.687. The van der Waals surface area contributed by atoms with Crippen LogP contribution in [0.5, 0.6) is 0 Å². The Kier molecular flexibility index (Phi) is 4.62. The van der Waals surface area contributed by atoms with Gasteiger partial charge in [0, 0.05) is 0 Å². The van der Waals surface area contributed by atoms with Crippen LogP contribution >= 0.6 is 0 Å². The molecule has 0 aromatic heterocycles. The van der Waals surface area contributed by atoms with Crippen LogP contribution in [0.1, 0.15) is 45.4 Å². The Morgan fingerprint density at radius 1 is 1.42 bits per heavy atom. The average Bonchev–Trinajstić information content (AvgIpc) is 2.56. The summed E-state index contributed by atoms with van der Waals surface area (Å²) in [6.07, 6.45) is 8.32. The molecule has 0 amide bonds. The van der Waals surface area contributed by atoms with Crippen LogP contribution < -0.4 is 5.73 Å². The van der Waals surface area contributed by atoms with E-state index in [1.54, 1.807) is 0 Å². The molecular weight excluding hydrogens is 150 g/mol. The van der Waals surface area contributed by atoms with E-state index in [0.29, 0.717) is 12.2 Å². The van der Waals surface area contributed by atoms with Crippen molar-refractivity contribution in [1.82, 2.24) is 0 Å². The molecule has 1 aliphatic rings. The molecule has 1 rings (SSSR count). The molecule has 0 spiro atoms. The van der Waals surface area contributed by atoms with Crippen LogP contribution in [0.4, 0.5) is 0 Å². The number of rotatable bonds is 5. The smallest absolute Gasteiger partial charge is 0.0588 e. The van der Waals surface area contributed by atoms with Gasteiger partial charge in [0.05, 0.1) is 12.2 Å². The van der Waals surface area contributed by atoms with E-state index in [2.05, 4.69) is 6.92 Å². The summed E-state index contributed by atoms with van der Waals surface area (Å²) < 4.78 is 5.92. The van der Waals surface area contributed by atoms with E-state index in [1.165, 1.54) is 25.7 Å². The van der Waals surface area contributed by atoms with E-state index in [-0.39, 0.29) is 0 Å². The Hall–Kier alpha value is -0.0800. The van der Waals surface area contributed by atoms with Crippen molar-refractivity contribution >= 4 is 0 Å². The first-order valence-corrected chi connectivity index (χ1v) is 5.22. The molecule has 0 aliphatic heterocycles. The largest absolute Gasteiger partial charge is 0.375 e.